The summed E-state index contributed by atoms with van der Waals surface area (Å²) in [6.07, 6.45) is -3.12. The largest absolute Gasteiger partial charge is 0.281 e. The molecule has 0 saturated heterocycles. The topological polar surface area (TPSA) is 70.8 Å². The molecule has 0 aliphatic carbocycles. The number of pyridine rings is 1. The van der Waals surface area contributed by atoms with E-state index in [2.05, 4.69) is 4.98 Å². The van der Waals surface area contributed by atoms with Crippen LogP contribution in [0.5, 0.6) is 0 Å². The molecule has 0 amide bonds. The molecule has 0 aliphatic rings. The monoisotopic (exact) mass is 378 g/mol. The Hall–Kier alpha value is -0.530. The molecule has 0 N–H and O–H groups in total. The first-order valence-corrected chi connectivity index (χ1v) is 6.99. The van der Waals surface area contributed by atoms with E-state index in [0.717, 1.165) is 6.07 Å². The molecular formula is C7H2ClF2IN2O2S. The maximum absolute atomic E-state index is 12.6. The Kier molecular flexibility index (Phi) is 4.03. The maximum atomic E-state index is 12.6. The van der Waals surface area contributed by atoms with Crippen LogP contribution >= 0.6 is 33.3 Å². The van der Waals surface area contributed by atoms with Crippen LogP contribution in [0.15, 0.2) is 11.0 Å². The van der Waals surface area contributed by atoms with Crippen molar-refractivity contribution in [3.63, 3.8) is 0 Å². The van der Waals surface area contributed by atoms with E-state index < -0.39 is 26.1 Å². The average molecular weight is 379 g/mol. The summed E-state index contributed by atoms with van der Waals surface area (Å²) in [5.41, 5.74) is -1.29. The first-order chi connectivity index (χ1) is 7.27. The second-order valence-electron chi connectivity index (χ2n) is 2.55. The summed E-state index contributed by atoms with van der Waals surface area (Å²) < 4.78 is 47.2. The molecule has 0 fully saturated rings. The zero-order valence-corrected chi connectivity index (χ0v) is 11.0. The van der Waals surface area contributed by atoms with Gasteiger partial charge in [-0.2, -0.15) is 5.26 Å². The molecule has 0 atom stereocenters. The van der Waals surface area contributed by atoms with Gasteiger partial charge in [0.15, 0.2) is 0 Å². The quantitative estimate of drug-likeness (QED) is 0.585. The number of nitriles is 1. The minimum absolute atomic E-state index is 0.0607. The van der Waals surface area contributed by atoms with Crippen LogP contribution in [-0.4, -0.2) is 13.4 Å². The Balaban J connectivity index is 3.68. The molecule has 86 valence electrons. The Morgan fingerprint density at radius 3 is 2.50 bits per heavy atom. The van der Waals surface area contributed by atoms with Crippen molar-refractivity contribution in [2.75, 3.05) is 0 Å². The number of alkyl halides is 2. The van der Waals surface area contributed by atoms with E-state index in [4.69, 9.17) is 15.9 Å². The fraction of sp³-hybridized carbons (Fsp3) is 0.143. The standard InChI is InChI=1S/C7H2ClF2IN2O2S/c8-16(14,15)6-4(11)1-3(2-12)13-5(6)7(9)10/h1,7H. The lowest BCUT2D eigenvalue weighted by molar-refractivity contribution is 0.142. The van der Waals surface area contributed by atoms with Gasteiger partial charge in [0, 0.05) is 14.3 Å². The van der Waals surface area contributed by atoms with Crippen LogP contribution in [0.4, 0.5) is 8.78 Å². The molecular weight excluding hydrogens is 377 g/mol. The Morgan fingerprint density at radius 1 is 1.56 bits per heavy atom. The highest BCUT2D eigenvalue weighted by atomic mass is 127. The highest BCUT2D eigenvalue weighted by Gasteiger charge is 2.27. The van der Waals surface area contributed by atoms with Crippen molar-refractivity contribution in [3.8, 4) is 6.07 Å². The average Bonchev–Trinajstić information content (AvgIpc) is 2.14. The van der Waals surface area contributed by atoms with Gasteiger partial charge in [-0.05, 0) is 28.7 Å². The number of nitrogens with zero attached hydrogens (tertiary/aromatic N) is 2. The van der Waals surface area contributed by atoms with Crippen molar-refractivity contribution in [3.05, 3.63) is 21.0 Å². The summed E-state index contributed by atoms with van der Waals surface area (Å²) in [6, 6.07) is 2.63. The van der Waals surface area contributed by atoms with E-state index >= 15 is 0 Å². The molecule has 1 rings (SSSR count). The zero-order chi connectivity index (χ0) is 12.5. The Labute approximate surface area is 108 Å². The highest BCUT2D eigenvalue weighted by molar-refractivity contribution is 14.1. The van der Waals surface area contributed by atoms with Crippen LogP contribution < -0.4 is 0 Å². The Bertz CT molecular complexity index is 570. The number of hydrogen-bond acceptors (Lipinski definition) is 4. The van der Waals surface area contributed by atoms with Crippen molar-refractivity contribution in [1.82, 2.24) is 4.98 Å². The van der Waals surface area contributed by atoms with Crippen LogP contribution in [0, 0.1) is 14.9 Å². The summed E-state index contributed by atoms with van der Waals surface area (Å²) >= 11 is 1.51. The second kappa shape index (κ2) is 4.77. The lowest BCUT2D eigenvalue weighted by atomic mass is 10.3. The number of hydrogen-bond donors (Lipinski definition) is 0. The zero-order valence-electron chi connectivity index (χ0n) is 7.29. The van der Waals surface area contributed by atoms with E-state index in [1.165, 1.54) is 22.6 Å². The third-order valence-electron chi connectivity index (χ3n) is 1.52. The van der Waals surface area contributed by atoms with Crippen LogP contribution in [0.1, 0.15) is 17.8 Å². The summed E-state index contributed by atoms with van der Waals surface area (Å²) in [7, 11) is 0.698. The summed E-state index contributed by atoms with van der Waals surface area (Å²) in [5, 5.41) is 8.52. The van der Waals surface area contributed by atoms with Gasteiger partial charge in [-0.25, -0.2) is 22.2 Å². The molecule has 1 aromatic rings. The van der Waals surface area contributed by atoms with E-state index in [1.54, 1.807) is 6.07 Å². The summed E-state index contributed by atoms with van der Waals surface area (Å²) in [5.74, 6) is 0. The molecule has 0 aromatic carbocycles. The fourth-order valence-electron chi connectivity index (χ4n) is 0.967. The van der Waals surface area contributed by atoms with E-state index in [9.17, 15) is 17.2 Å². The lowest BCUT2D eigenvalue weighted by Gasteiger charge is -2.07. The predicted molar refractivity (Wildman–Crippen MR) is 59.7 cm³/mol. The van der Waals surface area contributed by atoms with Crippen LogP contribution in [0.2, 0.25) is 0 Å². The third-order valence-corrected chi connectivity index (χ3v) is 4.12. The van der Waals surface area contributed by atoms with Gasteiger partial charge in [-0.3, -0.25) is 0 Å². The lowest BCUT2D eigenvalue weighted by Crippen LogP contribution is -2.06. The normalized spacial score (nSPS) is 11.5. The van der Waals surface area contributed by atoms with Crippen molar-refractivity contribution in [2.45, 2.75) is 11.3 Å². The number of halogens is 4. The van der Waals surface area contributed by atoms with Crippen molar-refractivity contribution in [2.24, 2.45) is 0 Å². The first-order valence-electron chi connectivity index (χ1n) is 3.60. The molecule has 9 heteroatoms. The maximum Gasteiger partial charge on any atom is 0.281 e. The van der Waals surface area contributed by atoms with Crippen LogP contribution in [-0.2, 0) is 9.05 Å². The third kappa shape index (κ3) is 2.78. The van der Waals surface area contributed by atoms with Gasteiger partial charge in [-0.1, -0.05) is 0 Å². The second-order valence-corrected chi connectivity index (χ2v) is 6.22. The van der Waals surface area contributed by atoms with Gasteiger partial charge >= 0.3 is 0 Å². The molecule has 4 nitrogen and oxygen atoms in total. The van der Waals surface area contributed by atoms with E-state index in [0.29, 0.717) is 0 Å². The number of aromatic nitrogens is 1. The van der Waals surface area contributed by atoms with Gasteiger partial charge in [0.05, 0.1) is 0 Å². The first kappa shape index (κ1) is 13.5. The van der Waals surface area contributed by atoms with Crippen LogP contribution in [0.25, 0.3) is 0 Å². The van der Waals surface area contributed by atoms with Gasteiger partial charge in [0.1, 0.15) is 22.4 Å². The van der Waals surface area contributed by atoms with E-state index in [1.807, 2.05) is 0 Å². The molecule has 0 spiro atoms. The van der Waals surface area contributed by atoms with Gasteiger partial charge in [0.25, 0.3) is 15.5 Å². The van der Waals surface area contributed by atoms with Gasteiger partial charge < -0.3 is 0 Å². The molecule has 1 aromatic heterocycles. The molecule has 0 saturated carbocycles. The SMILES string of the molecule is N#Cc1cc(I)c(S(=O)(=O)Cl)c(C(F)F)n1. The van der Waals surface area contributed by atoms with E-state index in [-0.39, 0.29) is 9.26 Å². The highest BCUT2D eigenvalue weighted by Crippen LogP contribution is 2.31. The predicted octanol–water partition coefficient (Wildman–Crippen LogP) is 2.42. The van der Waals surface area contributed by atoms with Gasteiger partial charge in [-0.15, -0.1) is 0 Å². The van der Waals surface area contributed by atoms with Gasteiger partial charge in [0.2, 0.25) is 0 Å². The minimum atomic E-state index is -4.32. The van der Waals surface area contributed by atoms with Crippen molar-refractivity contribution >= 4 is 42.3 Å². The summed E-state index contributed by atoms with van der Waals surface area (Å²) in [6.45, 7) is 0. The molecule has 0 radical (unpaired) electrons. The minimum Gasteiger partial charge on any atom is -0.235 e. The summed E-state index contributed by atoms with van der Waals surface area (Å²) in [4.78, 5) is 2.49. The smallest absolute Gasteiger partial charge is 0.235 e. The molecule has 0 aliphatic heterocycles. The molecule has 0 bridgehead atoms. The molecule has 1 heterocycles. The molecule has 16 heavy (non-hydrogen) atoms. The van der Waals surface area contributed by atoms with Crippen LogP contribution in [0.3, 0.4) is 0 Å². The number of rotatable bonds is 2. The van der Waals surface area contributed by atoms with Crippen molar-refractivity contribution < 1.29 is 17.2 Å². The molecule has 0 unspecified atom stereocenters. The van der Waals surface area contributed by atoms with Crippen molar-refractivity contribution in [1.29, 1.82) is 5.26 Å². The fourth-order valence-corrected chi connectivity index (χ4v) is 3.96. The Morgan fingerprint density at radius 2 is 2.12 bits per heavy atom.